The molecule has 1 unspecified atom stereocenters. The van der Waals surface area contributed by atoms with Crippen molar-refractivity contribution in [2.45, 2.75) is 33.1 Å². The molecule has 1 heterocycles. The predicted octanol–water partition coefficient (Wildman–Crippen LogP) is 3.54. The number of aromatic nitrogens is 2. The Hall–Kier alpha value is -2.30. The quantitative estimate of drug-likeness (QED) is 0.856. The molecule has 0 aliphatic rings. The van der Waals surface area contributed by atoms with Crippen molar-refractivity contribution in [3.8, 4) is 0 Å². The number of rotatable bonds is 6. The molecule has 0 bridgehead atoms. The standard InChI is InChI=1S/C18H26N4O/c1-5-14-8-6-7-9-16(14)21-18(23)19-12-15(13(2)3)17-10-11-20-22(17)4/h6-11,13,15H,5,12H2,1-4H3,(H2,19,21,23). The maximum absolute atomic E-state index is 12.2. The van der Waals surface area contributed by atoms with Gasteiger partial charge in [-0.2, -0.15) is 5.10 Å². The zero-order chi connectivity index (χ0) is 16.8. The Balaban J connectivity index is 1.98. The van der Waals surface area contributed by atoms with E-state index < -0.39 is 0 Å². The van der Waals surface area contributed by atoms with E-state index in [0.717, 1.165) is 23.4 Å². The van der Waals surface area contributed by atoms with Crippen LogP contribution in [0.25, 0.3) is 0 Å². The third-order valence-electron chi connectivity index (χ3n) is 4.17. The van der Waals surface area contributed by atoms with Crippen molar-refractivity contribution in [2.24, 2.45) is 13.0 Å². The van der Waals surface area contributed by atoms with Crippen molar-refractivity contribution in [3.63, 3.8) is 0 Å². The Bertz CT molecular complexity index is 648. The van der Waals surface area contributed by atoms with Crippen LogP contribution >= 0.6 is 0 Å². The summed E-state index contributed by atoms with van der Waals surface area (Å²) in [7, 11) is 1.93. The summed E-state index contributed by atoms with van der Waals surface area (Å²) in [6.45, 7) is 6.97. The summed E-state index contributed by atoms with van der Waals surface area (Å²) in [5.41, 5.74) is 3.14. The Morgan fingerprint density at radius 3 is 2.61 bits per heavy atom. The van der Waals surface area contributed by atoms with Crippen LogP contribution in [0.15, 0.2) is 36.5 Å². The van der Waals surface area contributed by atoms with Gasteiger partial charge in [-0.1, -0.05) is 39.0 Å². The molecule has 1 aromatic heterocycles. The van der Waals surface area contributed by atoms with E-state index in [1.807, 2.05) is 42.1 Å². The average Bonchev–Trinajstić information content (AvgIpc) is 2.94. The summed E-state index contributed by atoms with van der Waals surface area (Å²) in [5.74, 6) is 0.642. The highest BCUT2D eigenvalue weighted by Crippen LogP contribution is 2.23. The molecule has 0 fully saturated rings. The largest absolute Gasteiger partial charge is 0.337 e. The molecule has 2 amide bonds. The molecule has 0 saturated heterocycles. The second kappa shape index (κ2) is 7.81. The van der Waals surface area contributed by atoms with Gasteiger partial charge in [-0.25, -0.2) is 4.79 Å². The molecule has 1 aromatic carbocycles. The molecule has 0 aliphatic carbocycles. The molecule has 5 nitrogen and oxygen atoms in total. The van der Waals surface area contributed by atoms with Gasteiger partial charge in [0.05, 0.1) is 0 Å². The third-order valence-corrected chi connectivity index (χ3v) is 4.17. The first-order valence-electron chi connectivity index (χ1n) is 8.13. The van der Waals surface area contributed by atoms with E-state index in [4.69, 9.17) is 0 Å². The van der Waals surface area contributed by atoms with E-state index in [1.54, 1.807) is 6.20 Å². The Labute approximate surface area is 138 Å². The van der Waals surface area contributed by atoms with Crippen LogP contribution in [0.4, 0.5) is 10.5 Å². The zero-order valence-electron chi connectivity index (χ0n) is 14.3. The van der Waals surface area contributed by atoms with Crippen LogP contribution in [0.2, 0.25) is 0 Å². The third kappa shape index (κ3) is 4.34. The Kier molecular flexibility index (Phi) is 5.79. The van der Waals surface area contributed by atoms with Gasteiger partial charge in [-0.05, 0) is 30.0 Å². The van der Waals surface area contributed by atoms with E-state index in [9.17, 15) is 4.79 Å². The fourth-order valence-electron chi connectivity index (χ4n) is 2.75. The highest BCUT2D eigenvalue weighted by molar-refractivity contribution is 5.90. The lowest BCUT2D eigenvalue weighted by Gasteiger charge is -2.22. The molecule has 0 aliphatic heterocycles. The van der Waals surface area contributed by atoms with Gasteiger partial charge in [0.1, 0.15) is 0 Å². The van der Waals surface area contributed by atoms with Crippen LogP contribution in [0, 0.1) is 5.92 Å². The number of hydrogen-bond donors (Lipinski definition) is 2. The summed E-state index contributed by atoms with van der Waals surface area (Å²) in [6, 6.07) is 9.72. The van der Waals surface area contributed by atoms with E-state index in [2.05, 4.69) is 36.5 Å². The van der Waals surface area contributed by atoms with Crippen LogP contribution in [0.5, 0.6) is 0 Å². The van der Waals surface area contributed by atoms with Crippen molar-refractivity contribution in [1.29, 1.82) is 0 Å². The lowest BCUT2D eigenvalue weighted by Crippen LogP contribution is -2.34. The smallest absolute Gasteiger partial charge is 0.319 e. The zero-order valence-corrected chi connectivity index (χ0v) is 14.3. The van der Waals surface area contributed by atoms with E-state index in [-0.39, 0.29) is 11.9 Å². The number of carbonyl (C=O) groups is 1. The molecule has 124 valence electrons. The SMILES string of the molecule is CCc1ccccc1NC(=O)NCC(c1ccnn1C)C(C)C. The molecule has 2 rings (SSSR count). The summed E-state index contributed by atoms with van der Waals surface area (Å²) in [5, 5.41) is 10.2. The van der Waals surface area contributed by atoms with Gasteiger partial charge in [0.25, 0.3) is 0 Å². The van der Waals surface area contributed by atoms with Crippen LogP contribution in [-0.4, -0.2) is 22.4 Å². The van der Waals surface area contributed by atoms with Gasteiger partial charge < -0.3 is 10.6 Å². The second-order valence-corrected chi connectivity index (χ2v) is 6.08. The van der Waals surface area contributed by atoms with E-state index in [0.29, 0.717) is 12.5 Å². The molecule has 23 heavy (non-hydrogen) atoms. The van der Waals surface area contributed by atoms with Crippen molar-refractivity contribution in [3.05, 3.63) is 47.8 Å². The first kappa shape index (κ1) is 17.1. The van der Waals surface area contributed by atoms with Crippen LogP contribution in [0.1, 0.15) is 37.9 Å². The van der Waals surface area contributed by atoms with Crippen molar-refractivity contribution >= 4 is 11.7 Å². The summed E-state index contributed by atoms with van der Waals surface area (Å²) >= 11 is 0. The molecular formula is C18H26N4O. The fourth-order valence-corrected chi connectivity index (χ4v) is 2.75. The van der Waals surface area contributed by atoms with Gasteiger partial charge in [-0.15, -0.1) is 0 Å². The highest BCUT2D eigenvalue weighted by Gasteiger charge is 2.19. The molecule has 5 heteroatoms. The van der Waals surface area contributed by atoms with Crippen molar-refractivity contribution < 1.29 is 4.79 Å². The molecule has 0 saturated carbocycles. The van der Waals surface area contributed by atoms with Crippen molar-refractivity contribution in [2.75, 3.05) is 11.9 Å². The number of nitrogens with zero attached hydrogens (tertiary/aromatic N) is 2. The maximum Gasteiger partial charge on any atom is 0.319 e. The van der Waals surface area contributed by atoms with Crippen LogP contribution < -0.4 is 10.6 Å². The Morgan fingerprint density at radius 2 is 2.00 bits per heavy atom. The number of hydrogen-bond acceptors (Lipinski definition) is 2. The number of nitrogens with one attached hydrogen (secondary N) is 2. The van der Waals surface area contributed by atoms with Gasteiger partial charge in [-0.3, -0.25) is 4.68 Å². The number of benzene rings is 1. The molecule has 1 atom stereocenters. The van der Waals surface area contributed by atoms with E-state index in [1.165, 1.54) is 0 Å². The highest BCUT2D eigenvalue weighted by atomic mass is 16.2. The minimum atomic E-state index is -0.168. The average molecular weight is 314 g/mol. The first-order chi connectivity index (χ1) is 11.0. The normalized spacial score (nSPS) is 12.2. The number of amides is 2. The topological polar surface area (TPSA) is 59.0 Å². The lowest BCUT2D eigenvalue weighted by atomic mass is 9.92. The molecule has 2 N–H and O–H groups in total. The Morgan fingerprint density at radius 1 is 1.26 bits per heavy atom. The second-order valence-electron chi connectivity index (χ2n) is 6.08. The van der Waals surface area contributed by atoms with E-state index >= 15 is 0 Å². The number of anilines is 1. The first-order valence-corrected chi connectivity index (χ1v) is 8.13. The van der Waals surface area contributed by atoms with Crippen molar-refractivity contribution in [1.82, 2.24) is 15.1 Å². The molecule has 0 radical (unpaired) electrons. The number of carbonyl (C=O) groups excluding carboxylic acids is 1. The number of urea groups is 1. The number of para-hydroxylation sites is 1. The minimum absolute atomic E-state index is 0.168. The number of aryl methyl sites for hydroxylation is 2. The molecule has 2 aromatic rings. The van der Waals surface area contributed by atoms with Crippen LogP contribution in [-0.2, 0) is 13.5 Å². The molecule has 0 spiro atoms. The van der Waals surface area contributed by atoms with Crippen LogP contribution in [0.3, 0.4) is 0 Å². The predicted molar refractivity (Wildman–Crippen MR) is 93.6 cm³/mol. The minimum Gasteiger partial charge on any atom is -0.337 e. The monoisotopic (exact) mass is 314 g/mol. The van der Waals surface area contributed by atoms with Gasteiger partial charge in [0.15, 0.2) is 0 Å². The fraction of sp³-hybridized carbons (Fsp3) is 0.444. The summed E-state index contributed by atoms with van der Waals surface area (Å²) in [6.07, 6.45) is 2.68. The van der Waals surface area contributed by atoms with Gasteiger partial charge in [0.2, 0.25) is 0 Å². The maximum atomic E-state index is 12.2. The summed E-state index contributed by atoms with van der Waals surface area (Å²) < 4.78 is 1.87. The summed E-state index contributed by atoms with van der Waals surface area (Å²) in [4.78, 5) is 12.2. The lowest BCUT2D eigenvalue weighted by molar-refractivity contribution is 0.250. The van der Waals surface area contributed by atoms with Gasteiger partial charge >= 0.3 is 6.03 Å². The van der Waals surface area contributed by atoms with Gasteiger partial charge in [0, 0.05) is 37.1 Å². The molecular weight excluding hydrogens is 288 g/mol.